The first-order chi connectivity index (χ1) is 10.1. The number of halogens is 1. The van der Waals surface area contributed by atoms with Gasteiger partial charge in [-0.3, -0.25) is 9.59 Å². The molecule has 0 aromatic heterocycles. The van der Waals surface area contributed by atoms with Crippen molar-refractivity contribution < 1.29 is 14.3 Å². The number of rotatable bonds is 6. The number of likely N-dealkylation sites (tertiary alicyclic amines) is 1. The van der Waals surface area contributed by atoms with Crippen molar-refractivity contribution in [2.24, 2.45) is 5.92 Å². The summed E-state index contributed by atoms with van der Waals surface area (Å²) < 4.78 is 5.60. The highest BCUT2D eigenvalue weighted by atomic mass is 35.5. The lowest BCUT2D eigenvalue weighted by atomic mass is 10.1. The van der Waals surface area contributed by atoms with E-state index in [0.29, 0.717) is 42.6 Å². The topological polar surface area (TPSA) is 46.6 Å². The highest BCUT2D eigenvalue weighted by Gasteiger charge is 2.29. The van der Waals surface area contributed by atoms with E-state index in [0.717, 1.165) is 0 Å². The largest absolute Gasteiger partial charge is 0.490 e. The molecule has 1 fully saturated rings. The fraction of sp³-hybridized carbons (Fsp3) is 0.467. The lowest BCUT2D eigenvalue weighted by Crippen LogP contribution is -2.30. The number of thioether (sulfide) groups is 1. The standard InChI is InChI=1S/C15H18ClNO3S/c1-11(18)21-10-12-8-15(19)17(9-12)6-7-20-14-5-3-2-4-13(14)16/h2-5,12H,6-10H2,1H3. The first kappa shape index (κ1) is 16.2. The predicted molar refractivity (Wildman–Crippen MR) is 84.8 cm³/mol. The Morgan fingerprint density at radius 2 is 2.24 bits per heavy atom. The Labute approximate surface area is 133 Å². The van der Waals surface area contributed by atoms with Gasteiger partial charge in [0.2, 0.25) is 5.91 Å². The molecule has 4 nitrogen and oxygen atoms in total. The summed E-state index contributed by atoms with van der Waals surface area (Å²) >= 11 is 7.29. The van der Waals surface area contributed by atoms with Crippen LogP contribution in [-0.4, -0.2) is 41.4 Å². The Morgan fingerprint density at radius 3 is 2.95 bits per heavy atom. The van der Waals surface area contributed by atoms with Crippen LogP contribution in [0.25, 0.3) is 0 Å². The summed E-state index contributed by atoms with van der Waals surface area (Å²) in [5.74, 6) is 1.73. The fourth-order valence-corrected chi connectivity index (χ4v) is 3.13. The zero-order valence-corrected chi connectivity index (χ0v) is 13.5. The van der Waals surface area contributed by atoms with Crippen LogP contribution in [0.4, 0.5) is 0 Å². The molecule has 0 spiro atoms. The van der Waals surface area contributed by atoms with Crippen molar-refractivity contribution >= 4 is 34.4 Å². The zero-order valence-electron chi connectivity index (χ0n) is 11.9. The van der Waals surface area contributed by atoms with Gasteiger partial charge in [-0.25, -0.2) is 0 Å². The minimum Gasteiger partial charge on any atom is -0.490 e. The summed E-state index contributed by atoms with van der Waals surface area (Å²) in [6.45, 7) is 3.22. The van der Waals surface area contributed by atoms with Crippen LogP contribution in [0.1, 0.15) is 13.3 Å². The maximum Gasteiger partial charge on any atom is 0.223 e. The number of amides is 1. The van der Waals surface area contributed by atoms with Gasteiger partial charge in [-0.1, -0.05) is 35.5 Å². The van der Waals surface area contributed by atoms with E-state index < -0.39 is 0 Å². The maximum absolute atomic E-state index is 11.9. The molecule has 1 unspecified atom stereocenters. The summed E-state index contributed by atoms with van der Waals surface area (Å²) in [5.41, 5.74) is 0. The Balaban J connectivity index is 1.75. The van der Waals surface area contributed by atoms with Crippen molar-refractivity contribution in [3.05, 3.63) is 29.3 Å². The van der Waals surface area contributed by atoms with Crippen LogP contribution < -0.4 is 4.74 Å². The van der Waals surface area contributed by atoms with Gasteiger partial charge in [-0.05, 0) is 18.1 Å². The SMILES string of the molecule is CC(=O)SCC1CC(=O)N(CCOc2ccccc2Cl)C1. The summed E-state index contributed by atoms with van der Waals surface area (Å²) in [5, 5.41) is 0.670. The van der Waals surface area contributed by atoms with Crippen LogP contribution in [0.5, 0.6) is 5.75 Å². The van der Waals surface area contributed by atoms with Crippen LogP contribution in [0.2, 0.25) is 5.02 Å². The molecule has 0 aliphatic carbocycles. The molecule has 0 radical (unpaired) electrons. The molecule has 2 rings (SSSR count). The van der Waals surface area contributed by atoms with Gasteiger partial charge < -0.3 is 9.64 Å². The van der Waals surface area contributed by atoms with Gasteiger partial charge in [-0.2, -0.15) is 0 Å². The molecule has 1 atom stereocenters. The molecule has 0 N–H and O–H groups in total. The molecular formula is C15H18ClNO3S. The van der Waals surface area contributed by atoms with Gasteiger partial charge in [0.15, 0.2) is 5.12 Å². The van der Waals surface area contributed by atoms with E-state index in [-0.39, 0.29) is 16.9 Å². The summed E-state index contributed by atoms with van der Waals surface area (Å²) in [4.78, 5) is 24.6. The third-order valence-electron chi connectivity index (χ3n) is 3.27. The molecule has 1 saturated heterocycles. The van der Waals surface area contributed by atoms with E-state index in [4.69, 9.17) is 16.3 Å². The van der Waals surface area contributed by atoms with Gasteiger partial charge in [-0.15, -0.1) is 0 Å². The number of ether oxygens (including phenoxy) is 1. The summed E-state index contributed by atoms with van der Waals surface area (Å²) in [7, 11) is 0. The molecule has 21 heavy (non-hydrogen) atoms. The minimum absolute atomic E-state index is 0.1000. The second-order valence-corrected chi connectivity index (χ2v) is 6.60. The summed E-state index contributed by atoms with van der Waals surface area (Å²) in [6.07, 6.45) is 0.520. The molecule has 1 aromatic rings. The molecule has 1 amide bonds. The smallest absolute Gasteiger partial charge is 0.223 e. The third-order valence-corrected chi connectivity index (χ3v) is 4.63. The monoisotopic (exact) mass is 327 g/mol. The average Bonchev–Trinajstić information content (AvgIpc) is 2.79. The Morgan fingerprint density at radius 1 is 1.48 bits per heavy atom. The molecule has 114 valence electrons. The summed E-state index contributed by atoms with van der Waals surface area (Å²) in [6, 6.07) is 7.28. The molecule has 1 aliphatic rings. The second-order valence-electron chi connectivity index (χ2n) is 4.99. The normalized spacial score (nSPS) is 18.1. The fourth-order valence-electron chi connectivity index (χ4n) is 2.24. The lowest BCUT2D eigenvalue weighted by molar-refractivity contribution is -0.128. The van der Waals surface area contributed by atoms with Gasteiger partial charge in [0, 0.05) is 25.6 Å². The van der Waals surface area contributed by atoms with Crippen LogP contribution >= 0.6 is 23.4 Å². The van der Waals surface area contributed by atoms with E-state index in [1.165, 1.54) is 11.8 Å². The number of nitrogens with zero attached hydrogens (tertiary/aromatic N) is 1. The Hall–Kier alpha value is -1.20. The van der Waals surface area contributed by atoms with Crippen molar-refractivity contribution in [3.63, 3.8) is 0 Å². The molecule has 0 bridgehead atoms. The maximum atomic E-state index is 11.9. The number of hydrogen-bond acceptors (Lipinski definition) is 4. The molecule has 1 heterocycles. The molecule has 0 saturated carbocycles. The molecule has 6 heteroatoms. The molecule has 1 aromatic carbocycles. The van der Waals surface area contributed by atoms with Crippen molar-refractivity contribution in [3.8, 4) is 5.75 Å². The van der Waals surface area contributed by atoms with Crippen molar-refractivity contribution in [1.82, 2.24) is 4.90 Å². The first-order valence-electron chi connectivity index (χ1n) is 6.84. The van der Waals surface area contributed by atoms with Crippen molar-refractivity contribution in [2.45, 2.75) is 13.3 Å². The second kappa shape index (κ2) is 7.71. The number of benzene rings is 1. The van der Waals surface area contributed by atoms with Crippen LogP contribution in [0, 0.1) is 5.92 Å². The first-order valence-corrected chi connectivity index (χ1v) is 8.21. The number of hydrogen-bond donors (Lipinski definition) is 0. The van der Waals surface area contributed by atoms with E-state index in [1.54, 1.807) is 24.0 Å². The van der Waals surface area contributed by atoms with E-state index in [9.17, 15) is 9.59 Å². The van der Waals surface area contributed by atoms with Crippen molar-refractivity contribution in [2.75, 3.05) is 25.4 Å². The van der Waals surface area contributed by atoms with E-state index in [1.807, 2.05) is 12.1 Å². The zero-order chi connectivity index (χ0) is 15.2. The number of carbonyl (C=O) groups excluding carboxylic acids is 2. The number of para-hydroxylation sites is 1. The number of carbonyl (C=O) groups is 2. The van der Waals surface area contributed by atoms with Crippen LogP contribution in [0.3, 0.4) is 0 Å². The minimum atomic E-state index is 0.1000. The quantitative estimate of drug-likeness (QED) is 0.806. The van der Waals surface area contributed by atoms with E-state index in [2.05, 4.69) is 0 Å². The molecule has 1 aliphatic heterocycles. The highest BCUT2D eigenvalue weighted by molar-refractivity contribution is 8.13. The van der Waals surface area contributed by atoms with Gasteiger partial charge in [0.1, 0.15) is 12.4 Å². The third kappa shape index (κ3) is 4.93. The molecular weight excluding hydrogens is 310 g/mol. The average molecular weight is 328 g/mol. The van der Waals surface area contributed by atoms with Gasteiger partial charge in [0.25, 0.3) is 0 Å². The van der Waals surface area contributed by atoms with E-state index >= 15 is 0 Å². The Bertz CT molecular complexity index is 523. The van der Waals surface area contributed by atoms with Crippen LogP contribution in [-0.2, 0) is 9.59 Å². The predicted octanol–water partition coefficient (Wildman–Crippen LogP) is 2.85. The Kier molecular flexibility index (Phi) is 5.94. The highest BCUT2D eigenvalue weighted by Crippen LogP contribution is 2.24. The van der Waals surface area contributed by atoms with Crippen LogP contribution in [0.15, 0.2) is 24.3 Å². The van der Waals surface area contributed by atoms with Gasteiger partial charge in [0.05, 0.1) is 11.6 Å². The van der Waals surface area contributed by atoms with Crippen molar-refractivity contribution in [1.29, 1.82) is 0 Å². The van der Waals surface area contributed by atoms with Gasteiger partial charge >= 0.3 is 0 Å². The lowest BCUT2D eigenvalue weighted by Gasteiger charge is -2.17.